The van der Waals surface area contributed by atoms with Crippen LogP contribution in [0.3, 0.4) is 0 Å². The van der Waals surface area contributed by atoms with Crippen molar-refractivity contribution in [3.05, 3.63) is 59.9 Å². The number of carbonyl (C=O) groups is 1. The van der Waals surface area contributed by atoms with Crippen molar-refractivity contribution >= 4 is 25.8 Å². The molecule has 28 heavy (non-hydrogen) atoms. The number of carbonyl (C=O) groups excluding carboxylic acids is 1. The second-order valence-corrected chi connectivity index (χ2v) is 9.91. The zero-order chi connectivity index (χ0) is 20.8. The summed E-state index contributed by atoms with van der Waals surface area (Å²) in [7, 11) is -7.21. The molecular weight excluding hydrogens is 407 g/mol. The molecule has 7 nitrogen and oxygen atoms in total. The lowest BCUT2D eigenvalue weighted by molar-refractivity contribution is 0.0949. The Labute approximate surface area is 163 Å². The van der Waals surface area contributed by atoms with E-state index in [9.17, 15) is 26.0 Å². The molecule has 10 heteroatoms. The molecule has 0 aliphatic carbocycles. The first kappa shape index (κ1) is 22.0. The van der Waals surface area contributed by atoms with Crippen LogP contribution in [-0.2, 0) is 19.9 Å². The number of amides is 1. The van der Waals surface area contributed by atoms with Gasteiger partial charge in [-0.2, -0.15) is 0 Å². The first-order chi connectivity index (χ1) is 13.2. The van der Waals surface area contributed by atoms with Gasteiger partial charge in [0.2, 0.25) is 10.0 Å². The number of sulfone groups is 1. The van der Waals surface area contributed by atoms with E-state index in [4.69, 9.17) is 0 Å². The van der Waals surface area contributed by atoms with Crippen LogP contribution < -0.4 is 10.0 Å². The van der Waals surface area contributed by atoms with Gasteiger partial charge in [-0.15, -0.1) is 0 Å². The van der Waals surface area contributed by atoms with Crippen LogP contribution in [0.5, 0.6) is 0 Å². The van der Waals surface area contributed by atoms with Gasteiger partial charge >= 0.3 is 0 Å². The van der Waals surface area contributed by atoms with Gasteiger partial charge in [0, 0.05) is 13.1 Å². The second-order valence-electron chi connectivity index (χ2n) is 5.86. The van der Waals surface area contributed by atoms with Crippen molar-refractivity contribution in [1.82, 2.24) is 10.0 Å². The Morgan fingerprint density at radius 3 is 2.14 bits per heavy atom. The second kappa shape index (κ2) is 9.26. The number of hydrogen-bond acceptors (Lipinski definition) is 5. The van der Waals surface area contributed by atoms with E-state index >= 15 is 0 Å². The summed E-state index contributed by atoms with van der Waals surface area (Å²) in [5.74, 6) is -1.28. The van der Waals surface area contributed by atoms with Crippen LogP contribution in [0.1, 0.15) is 23.7 Å². The van der Waals surface area contributed by atoms with Crippen LogP contribution in [0.25, 0.3) is 0 Å². The van der Waals surface area contributed by atoms with Crippen molar-refractivity contribution in [2.45, 2.75) is 23.1 Å². The molecule has 2 N–H and O–H groups in total. The molecule has 2 rings (SSSR count). The Morgan fingerprint density at radius 1 is 0.929 bits per heavy atom. The maximum absolute atomic E-state index is 13.5. The molecule has 2 aromatic carbocycles. The number of halogens is 1. The summed E-state index contributed by atoms with van der Waals surface area (Å²) in [6.45, 7) is 1.71. The summed E-state index contributed by atoms with van der Waals surface area (Å²) in [5.41, 5.74) is -0.0785. The summed E-state index contributed by atoms with van der Waals surface area (Å²) in [6.07, 6.45) is 0.293. The van der Waals surface area contributed by atoms with Crippen molar-refractivity contribution in [3.63, 3.8) is 0 Å². The zero-order valence-electron chi connectivity index (χ0n) is 15.2. The fraction of sp³-hybridized carbons (Fsp3) is 0.278. The molecule has 0 atom stereocenters. The van der Waals surface area contributed by atoms with Crippen LogP contribution in [0.15, 0.2) is 58.3 Å². The van der Waals surface area contributed by atoms with Crippen molar-refractivity contribution < 1.29 is 26.0 Å². The highest BCUT2D eigenvalue weighted by atomic mass is 32.2. The minimum atomic E-state index is -3.81. The van der Waals surface area contributed by atoms with Gasteiger partial charge < -0.3 is 5.32 Å². The van der Waals surface area contributed by atoms with Gasteiger partial charge in [0.15, 0.2) is 9.84 Å². The molecule has 0 aliphatic rings. The van der Waals surface area contributed by atoms with Crippen LogP contribution in [0.4, 0.5) is 4.39 Å². The molecule has 0 fully saturated rings. The number of benzene rings is 2. The zero-order valence-corrected chi connectivity index (χ0v) is 16.8. The van der Waals surface area contributed by atoms with Crippen molar-refractivity contribution in [3.8, 4) is 0 Å². The SMILES string of the molecule is CCS(=O)(=O)c1ccc(S(=O)(=O)NCCCNC(=O)c2ccccc2F)cc1. The molecule has 2 aromatic rings. The van der Waals surface area contributed by atoms with Crippen LogP contribution in [-0.4, -0.2) is 41.6 Å². The Balaban J connectivity index is 1.85. The average Bonchev–Trinajstić information content (AvgIpc) is 2.68. The van der Waals surface area contributed by atoms with E-state index in [1.807, 2.05) is 0 Å². The van der Waals surface area contributed by atoms with Gasteiger partial charge in [0.05, 0.1) is 21.1 Å². The predicted octanol–water partition coefficient (Wildman–Crippen LogP) is 1.72. The lowest BCUT2D eigenvalue weighted by Crippen LogP contribution is -2.30. The van der Waals surface area contributed by atoms with Gasteiger partial charge in [-0.3, -0.25) is 4.79 Å². The average molecular weight is 429 g/mol. The highest BCUT2D eigenvalue weighted by Gasteiger charge is 2.16. The van der Waals surface area contributed by atoms with Crippen LogP contribution in [0, 0.1) is 5.82 Å². The standard InChI is InChI=1S/C18H21FN2O5S2/c1-2-27(23,24)14-8-10-15(11-9-14)28(25,26)21-13-5-12-20-18(22)16-6-3-4-7-17(16)19/h3-4,6-11,21H,2,5,12-13H2,1H3,(H,20,22). The summed E-state index contributed by atoms with van der Waals surface area (Å²) >= 11 is 0. The van der Waals surface area contributed by atoms with Crippen molar-refractivity contribution in [2.75, 3.05) is 18.8 Å². The van der Waals surface area contributed by atoms with E-state index in [1.165, 1.54) is 49.4 Å². The lowest BCUT2D eigenvalue weighted by atomic mass is 10.2. The summed E-state index contributed by atoms with van der Waals surface area (Å²) in [6, 6.07) is 10.5. The molecule has 0 unspecified atom stereocenters. The first-order valence-electron chi connectivity index (χ1n) is 8.52. The van der Waals surface area contributed by atoms with E-state index < -0.39 is 31.6 Å². The highest BCUT2D eigenvalue weighted by molar-refractivity contribution is 7.91. The van der Waals surface area contributed by atoms with Crippen LogP contribution in [0.2, 0.25) is 0 Å². The molecule has 0 heterocycles. The third-order valence-electron chi connectivity index (χ3n) is 3.92. The fourth-order valence-electron chi connectivity index (χ4n) is 2.31. The molecule has 0 radical (unpaired) electrons. The molecule has 0 spiro atoms. The Kier molecular flexibility index (Phi) is 7.28. The predicted molar refractivity (Wildman–Crippen MR) is 103 cm³/mol. The molecule has 0 saturated carbocycles. The molecular formula is C18H21FN2O5S2. The third kappa shape index (κ3) is 5.60. The first-order valence-corrected chi connectivity index (χ1v) is 11.7. The molecule has 0 saturated heterocycles. The maximum atomic E-state index is 13.5. The van der Waals surface area contributed by atoms with E-state index in [0.717, 1.165) is 0 Å². The van der Waals surface area contributed by atoms with E-state index in [-0.39, 0.29) is 34.2 Å². The van der Waals surface area contributed by atoms with Crippen molar-refractivity contribution in [1.29, 1.82) is 0 Å². The molecule has 0 bridgehead atoms. The van der Waals surface area contributed by atoms with Gasteiger partial charge in [-0.05, 0) is 42.8 Å². The smallest absolute Gasteiger partial charge is 0.254 e. The lowest BCUT2D eigenvalue weighted by Gasteiger charge is -2.09. The molecule has 1 amide bonds. The summed E-state index contributed by atoms with van der Waals surface area (Å²) in [4.78, 5) is 11.8. The Hall–Kier alpha value is -2.30. The number of sulfonamides is 1. The molecule has 152 valence electrons. The van der Waals surface area contributed by atoms with Crippen molar-refractivity contribution in [2.24, 2.45) is 0 Å². The number of rotatable bonds is 9. The van der Waals surface area contributed by atoms with E-state index in [1.54, 1.807) is 6.07 Å². The quantitative estimate of drug-likeness (QED) is 0.591. The maximum Gasteiger partial charge on any atom is 0.254 e. The Morgan fingerprint density at radius 2 is 1.54 bits per heavy atom. The minimum absolute atomic E-state index is 0.0505. The molecule has 0 aromatic heterocycles. The monoisotopic (exact) mass is 428 g/mol. The largest absolute Gasteiger partial charge is 0.352 e. The number of hydrogen-bond donors (Lipinski definition) is 2. The van der Waals surface area contributed by atoms with E-state index in [2.05, 4.69) is 10.0 Å². The van der Waals surface area contributed by atoms with E-state index in [0.29, 0.717) is 6.42 Å². The van der Waals surface area contributed by atoms with Gasteiger partial charge in [0.1, 0.15) is 5.82 Å². The molecule has 0 aliphatic heterocycles. The summed E-state index contributed by atoms with van der Waals surface area (Å²) in [5, 5.41) is 2.52. The third-order valence-corrected chi connectivity index (χ3v) is 7.15. The topological polar surface area (TPSA) is 109 Å². The van der Waals surface area contributed by atoms with Gasteiger partial charge in [-0.1, -0.05) is 19.1 Å². The van der Waals surface area contributed by atoms with Gasteiger partial charge in [-0.25, -0.2) is 25.9 Å². The Bertz CT molecular complexity index is 1040. The fourth-order valence-corrected chi connectivity index (χ4v) is 4.27. The minimum Gasteiger partial charge on any atom is -0.352 e. The number of nitrogens with one attached hydrogen (secondary N) is 2. The van der Waals surface area contributed by atoms with Crippen LogP contribution >= 0.6 is 0 Å². The van der Waals surface area contributed by atoms with Gasteiger partial charge in [0.25, 0.3) is 5.91 Å². The highest BCUT2D eigenvalue weighted by Crippen LogP contribution is 2.15. The summed E-state index contributed by atoms with van der Waals surface area (Å²) < 4.78 is 63.8. The normalized spacial score (nSPS) is 11.9.